The van der Waals surface area contributed by atoms with Gasteiger partial charge in [0.05, 0.1) is 5.69 Å². The largest absolute Gasteiger partial charge is 0.332 e. The fraction of sp³-hybridized carbons (Fsp3) is 0.167. The lowest BCUT2D eigenvalue weighted by Crippen LogP contribution is -2.22. The molecule has 0 atom stereocenters. The Bertz CT molecular complexity index is 961. The van der Waals surface area contributed by atoms with Gasteiger partial charge in [-0.3, -0.25) is 4.79 Å². The van der Waals surface area contributed by atoms with E-state index in [-0.39, 0.29) is 5.78 Å². The smallest absolute Gasteiger partial charge is 0.195 e. The minimum Gasteiger partial charge on any atom is -0.332 e. The van der Waals surface area contributed by atoms with E-state index in [4.69, 9.17) is 12.2 Å². The second-order valence-electron chi connectivity index (χ2n) is 6.48. The molecular formula is C24H24N2OS. The molecule has 0 saturated heterocycles. The van der Waals surface area contributed by atoms with Crippen molar-refractivity contribution < 1.29 is 4.79 Å². The topological polar surface area (TPSA) is 41.1 Å². The molecule has 0 saturated carbocycles. The number of rotatable bonds is 6. The Morgan fingerprint density at radius 2 is 1.39 bits per heavy atom. The second kappa shape index (κ2) is 9.29. The van der Waals surface area contributed by atoms with Gasteiger partial charge in [0.2, 0.25) is 0 Å². The fourth-order valence-electron chi connectivity index (χ4n) is 3.21. The zero-order valence-corrected chi connectivity index (χ0v) is 17.0. The van der Waals surface area contributed by atoms with Gasteiger partial charge in [0.25, 0.3) is 0 Å². The third-order valence-electron chi connectivity index (χ3n) is 4.69. The van der Waals surface area contributed by atoms with Crippen LogP contribution in [0.25, 0.3) is 0 Å². The summed E-state index contributed by atoms with van der Waals surface area (Å²) < 4.78 is 0. The Balaban J connectivity index is 1.84. The summed E-state index contributed by atoms with van der Waals surface area (Å²) in [6, 6.07) is 23.0. The maximum Gasteiger partial charge on any atom is 0.195 e. The highest BCUT2D eigenvalue weighted by atomic mass is 32.1. The number of ketones is 1. The van der Waals surface area contributed by atoms with E-state index in [0.29, 0.717) is 21.9 Å². The Morgan fingerprint density at radius 1 is 0.786 bits per heavy atom. The monoisotopic (exact) mass is 388 g/mol. The maximum atomic E-state index is 12.9. The van der Waals surface area contributed by atoms with E-state index in [9.17, 15) is 4.79 Å². The zero-order chi connectivity index (χ0) is 19.9. The van der Waals surface area contributed by atoms with Crippen molar-refractivity contribution >= 4 is 34.5 Å². The van der Waals surface area contributed by atoms with Crippen LogP contribution in [-0.2, 0) is 12.8 Å². The van der Waals surface area contributed by atoms with Crippen molar-refractivity contribution in [3.63, 3.8) is 0 Å². The molecule has 0 aromatic heterocycles. The summed E-state index contributed by atoms with van der Waals surface area (Å²) in [6.45, 7) is 4.26. The Labute approximate surface area is 171 Å². The zero-order valence-electron chi connectivity index (χ0n) is 16.2. The summed E-state index contributed by atoms with van der Waals surface area (Å²) in [4.78, 5) is 12.9. The number of anilines is 2. The molecule has 0 spiro atoms. The normalized spacial score (nSPS) is 10.4. The number of hydrogen-bond donors (Lipinski definition) is 2. The number of para-hydroxylation sites is 2. The van der Waals surface area contributed by atoms with Gasteiger partial charge in [-0.15, -0.1) is 0 Å². The van der Waals surface area contributed by atoms with E-state index in [1.54, 1.807) is 0 Å². The maximum absolute atomic E-state index is 12.9. The van der Waals surface area contributed by atoms with Gasteiger partial charge in [0.1, 0.15) is 0 Å². The summed E-state index contributed by atoms with van der Waals surface area (Å²) in [7, 11) is 0. The van der Waals surface area contributed by atoms with E-state index in [2.05, 4.69) is 42.7 Å². The molecule has 0 bridgehead atoms. The number of hydrogen-bond acceptors (Lipinski definition) is 2. The standard InChI is InChI=1S/C24H24N2OS/c1-3-17-13-10-14-18(4-2)22(17)26-24(28)25-21-16-9-8-15-20(21)23(27)19-11-6-5-7-12-19/h5-16H,3-4H2,1-2H3,(H2,25,26,28). The van der Waals surface area contributed by atoms with Crippen LogP contribution in [0.5, 0.6) is 0 Å². The van der Waals surface area contributed by atoms with Crippen molar-refractivity contribution in [3.05, 3.63) is 95.1 Å². The Kier molecular flexibility index (Phi) is 6.56. The minimum atomic E-state index is -0.0327. The summed E-state index contributed by atoms with van der Waals surface area (Å²) in [5.74, 6) is -0.0327. The third-order valence-corrected chi connectivity index (χ3v) is 4.90. The van der Waals surface area contributed by atoms with Crippen LogP contribution >= 0.6 is 12.2 Å². The third kappa shape index (κ3) is 4.46. The van der Waals surface area contributed by atoms with Gasteiger partial charge in [-0.1, -0.05) is 74.5 Å². The van der Waals surface area contributed by atoms with Crippen molar-refractivity contribution in [1.29, 1.82) is 0 Å². The van der Waals surface area contributed by atoms with Crippen LogP contribution in [0.2, 0.25) is 0 Å². The highest BCUT2D eigenvalue weighted by Gasteiger charge is 2.14. The van der Waals surface area contributed by atoms with Crippen molar-refractivity contribution in [2.75, 3.05) is 10.6 Å². The van der Waals surface area contributed by atoms with Crippen molar-refractivity contribution in [2.24, 2.45) is 0 Å². The molecule has 0 heterocycles. The van der Waals surface area contributed by atoms with Gasteiger partial charge < -0.3 is 10.6 Å². The van der Waals surface area contributed by atoms with Crippen molar-refractivity contribution in [3.8, 4) is 0 Å². The second-order valence-corrected chi connectivity index (χ2v) is 6.89. The van der Waals surface area contributed by atoms with Crippen molar-refractivity contribution in [1.82, 2.24) is 0 Å². The number of carbonyl (C=O) groups excluding carboxylic acids is 1. The molecule has 0 aliphatic heterocycles. The molecule has 0 radical (unpaired) electrons. The summed E-state index contributed by atoms with van der Waals surface area (Å²) in [5, 5.41) is 7.03. The van der Waals surface area contributed by atoms with Gasteiger partial charge in [0.15, 0.2) is 10.9 Å². The van der Waals surface area contributed by atoms with E-state index in [1.165, 1.54) is 11.1 Å². The van der Waals surface area contributed by atoms with Crippen LogP contribution in [0, 0.1) is 0 Å². The number of benzene rings is 3. The Morgan fingerprint density at radius 3 is 2.04 bits per heavy atom. The molecule has 142 valence electrons. The van der Waals surface area contributed by atoms with Crippen LogP contribution in [0.4, 0.5) is 11.4 Å². The minimum absolute atomic E-state index is 0.0327. The van der Waals surface area contributed by atoms with Crippen LogP contribution in [0.15, 0.2) is 72.8 Å². The van der Waals surface area contributed by atoms with E-state index in [1.807, 2.05) is 54.6 Å². The molecule has 0 aliphatic rings. The fourth-order valence-corrected chi connectivity index (χ4v) is 3.42. The number of aryl methyl sites for hydroxylation is 2. The van der Waals surface area contributed by atoms with E-state index < -0.39 is 0 Å². The lowest BCUT2D eigenvalue weighted by molar-refractivity contribution is 0.103. The number of carbonyl (C=O) groups is 1. The molecule has 0 amide bonds. The highest BCUT2D eigenvalue weighted by molar-refractivity contribution is 7.80. The SMILES string of the molecule is CCc1cccc(CC)c1NC(=S)Nc1ccccc1C(=O)c1ccccc1. The molecule has 3 nitrogen and oxygen atoms in total. The molecule has 4 heteroatoms. The lowest BCUT2D eigenvalue weighted by atomic mass is 10.0. The average Bonchev–Trinajstić information content (AvgIpc) is 2.74. The summed E-state index contributed by atoms with van der Waals surface area (Å²) >= 11 is 5.56. The predicted octanol–water partition coefficient (Wildman–Crippen LogP) is 5.85. The lowest BCUT2D eigenvalue weighted by Gasteiger charge is -2.18. The van der Waals surface area contributed by atoms with Crippen LogP contribution in [-0.4, -0.2) is 10.9 Å². The molecule has 0 fully saturated rings. The molecule has 0 unspecified atom stereocenters. The first-order chi connectivity index (χ1) is 13.6. The summed E-state index contributed by atoms with van der Waals surface area (Å²) in [6.07, 6.45) is 1.84. The summed E-state index contributed by atoms with van der Waals surface area (Å²) in [5.41, 5.74) is 5.43. The molecule has 28 heavy (non-hydrogen) atoms. The molecule has 2 N–H and O–H groups in total. The van der Waals surface area contributed by atoms with Crippen LogP contribution in [0.1, 0.15) is 40.9 Å². The molecule has 0 aliphatic carbocycles. The first-order valence-electron chi connectivity index (χ1n) is 9.51. The van der Waals surface area contributed by atoms with Gasteiger partial charge in [0, 0.05) is 16.8 Å². The van der Waals surface area contributed by atoms with Gasteiger partial charge in [-0.25, -0.2) is 0 Å². The molecule has 3 rings (SSSR count). The number of nitrogens with one attached hydrogen (secondary N) is 2. The van der Waals surface area contributed by atoms with E-state index in [0.717, 1.165) is 18.5 Å². The predicted molar refractivity (Wildman–Crippen MR) is 121 cm³/mol. The van der Waals surface area contributed by atoms with Crippen molar-refractivity contribution in [2.45, 2.75) is 26.7 Å². The quantitative estimate of drug-likeness (QED) is 0.410. The van der Waals surface area contributed by atoms with Crippen LogP contribution < -0.4 is 10.6 Å². The van der Waals surface area contributed by atoms with Gasteiger partial charge >= 0.3 is 0 Å². The highest BCUT2D eigenvalue weighted by Crippen LogP contribution is 2.24. The van der Waals surface area contributed by atoms with Gasteiger partial charge in [-0.05, 0) is 48.3 Å². The average molecular weight is 389 g/mol. The first-order valence-corrected chi connectivity index (χ1v) is 9.92. The molecule has 3 aromatic rings. The molecule has 3 aromatic carbocycles. The van der Waals surface area contributed by atoms with Gasteiger partial charge in [-0.2, -0.15) is 0 Å². The molecular weight excluding hydrogens is 364 g/mol. The first kappa shape index (κ1) is 19.8. The van der Waals surface area contributed by atoms with Crippen LogP contribution in [0.3, 0.4) is 0 Å². The number of thiocarbonyl (C=S) groups is 1. The Hall–Kier alpha value is -2.98. The van der Waals surface area contributed by atoms with E-state index >= 15 is 0 Å².